The highest BCUT2D eigenvalue weighted by molar-refractivity contribution is 5.03. The minimum absolute atomic E-state index is 0.187. The van der Waals surface area contributed by atoms with Gasteiger partial charge in [-0.25, -0.2) is 0 Å². The summed E-state index contributed by atoms with van der Waals surface area (Å²) in [5, 5.41) is 0. The molecule has 1 saturated heterocycles. The molecular weight excluding hydrogens is 328 g/mol. The Balaban J connectivity index is 2.87. The summed E-state index contributed by atoms with van der Waals surface area (Å²) in [6.07, 6.45) is 1.24. The van der Waals surface area contributed by atoms with Crippen molar-refractivity contribution < 1.29 is 0 Å². The van der Waals surface area contributed by atoms with Crippen molar-refractivity contribution in [2.75, 3.05) is 26.2 Å². The fraction of sp³-hybridized carbons (Fsp3) is 1.00. The van der Waals surface area contributed by atoms with Crippen molar-refractivity contribution in [1.82, 2.24) is 9.80 Å². The Bertz CT molecular complexity index is 489. The molecule has 1 aliphatic heterocycles. The fourth-order valence-corrected chi connectivity index (χ4v) is 4.64. The van der Waals surface area contributed by atoms with E-state index in [2.05, 4.69) is 107 Å². The summed E-state index contributed by atoms with van der Waals surface area (Å²) in [6, 6.07) is 0. The highest BCUT2D eigenvalue weighted by Crippen LogP contribution is 2.49. The van der Waals surface area contributed by atoms with Crippen LogP contribution in [-0.2, 0) is 0 Å². The van der Waals surface area contributed by atoms with Gasteiger partial charge in [0, 0.05) is 37.3 Å². The molecule has 1 rings (SSSR count). The average Bonchev–Trinajstić information content (AvgIpc) is 2.43. The topological polar surface area (TPSA) is 6.48 Å². The second-order valence-corrected chi connectivity index (χ2v) is 13.5. The van der Waals surface area contributed by atoms with E-state index in [9.17, 15) is 0 Å². The van der Waals surface area contributed by atoms with E-state index in [0.29, 0.717) is 10.8 Å². The highest BCUT2D eigenvalue weighted by atomic mass is 15.3. The standard InChI is InChI=1S/C25H52N2/c1-20(2,3)22(7,8)19-23(9,10)26-15-17-27(18-16-26)25(13,14)24(11,12)21(4,5)6/h15-19H2,1-14H3. The second kappa shape index (κ2) is 7.31. The van der Waals surface area contributed by atoms with Crippen LogP contribution in [-0.4, -0.2) is 47.1 Å². The molecule has 0 atom stereocenters. The maximum absolute atomic E-state index is 2.75. The first kappa shape index (κ1) is 25.0. The van der Waals surface area contributed by atoms with Crippen LogP contribution in [0.3, 0.4) is 0 Å². The van der Waals surface area contributed by atoms with Gasteiger partial charge in [0.25, 0.3) is 0 Å². The van der Waals surface area contributed by atoms with Crippen LogP contribution in [0.5, 0.6) is 0 Å². The first-order valence-electron chi connectivity index (χ1n) is 11.2. The van der Waals surface area contributed by atoms with Crippen molar-refractivity contribution >= 4 is 0 Å². The third-order valence-corrected chi connectivity index (χ3v) is 9.24. The summed E-state index contributed by atoms with van der Waals surface area (Å²) in [4.78, 5) is 5.50. The molecule has 1 fully saturated rings. The van der Waals surface area contributed by atoms with Gasteiger partial charge in [-0.2, -0.15) is 0 Å². The molecule has 0 aromatic heterocycles. The van der Waals surface area contributed by atoms with Gasteiger partial charge in [-0.15, -0.1) is 0 Å². The van der Waals surface area contributed by atoms with Gasteiger partial charge in [0.05, 0.1) is 0 Å². The van der Waals surface area contributed by atoms with E-state index < -0.39 is 0 Å². The lowest BCUT2D eigenvalue weighted by atomic mass is 9.58. The Morgan fingerprint density at radius 3 is 1.22 bits per heavy atom. The van der Waals surface area contributed by atoms with Gasteiger partial charge in [0.1, 0.15) is 0 Å². The molecule has 27 heavy (non-hydrogen) atoms. The van der Waals surface area contributed by atoms with Gasteiger partial charge >= 0.3 is 0 Å². The molecule has 0 bridgehead atoms. The average molecular weight is 381 g/mol. The third-order valence-electron chi connectivity index (χ3n) is 9.24. The Labute approximate surface area is 172 Å². The SMILES string of the molecule is CC(C)(CC(C)(C)C(C)(C)C)N1CCN(C(C)(C)C(C)(C)C(C)(C)C)CC1. The van der Waals surface area contributed by atoms with Crippen molar-refractivity contribution in [1.29, 1.82) is 0 Å². The van der Waals surface area contributed by atoms with E-state index in [0.717, 1.165) is 0 Å². The fourth-order valence-electron chi connectivity index (χ4n) is 4.64. The van der Waals surface area contributed by atoms with E-state index in [1.54, 1.807) is 0 Å². The van der Waals surface area contributed by atoms with Crippen molar-refractivity contribution in [3.63, 3.8) is 0 Å². The van der Waals surface area contributed by atoms with Crippen molar-refractivity contribution in [2.45, 2.75) is 114 Å². The van der Waals surface area contributed by atoms with Gasteiger partial charge in [0.2, 0.25) is 0 Å². The number of hydrogen-bond acceptors (Lipinski definition) is 2. The summed E-state index contributed by atoms with van der Waals surface area (Å²) in [5.74, 6) is 0. The number of hydrogen-bond donors (Lipinski definition) is 0. The summed E-state index contributed by atoms with van der Waals surface area (Å²) in [6.45, 7) is 38.7. The zero-order valence-electron chi connectivity index (χ0n) is 21.4. The summed E-state index contributed by atoms with van der Waals surface area (Å²) in [5.41, 5.74) is 1.60. The van der Waals surface area contributed by atoms with E-state index >= 15 is 0 Å². The quantitative estimate of drug-likeness (QED) is 0.524. The van der Waals surface area contributed by atoms with Crippen LogP contribution in [0.15, 0.2) is 0 Å². The monoisotopic (exact) mass is 380 g/mol. The van der Waals surface area contributed by atoms with Crippen LogP contribution in [0, 0.1) is 21.7 Å². The maximum Gasteiger partial charge on any atom is 0.0210 e. The molecule has 162 valence electrons. The Morgan fingerprint density at radius 1 is 0.519 bits per heavy atom. The maximum atomic E-state index is 2.75. The zero-order valence-corrected chi connectivity index (χ0v) is 21.4. The van der Waals surface area contributed by atoms with E-state index in [4.69, 9.17) is 0 Å². The molecule has 2 heteroatoms. The molecule has 0 spiro atoms. The lowest BCUT2D eigenvalue weighted by molar-refractivity contribution is -0.0878. The Kier molecular flexibility index (Phi) is 6.76. The molecule has 0 aromatic carbocycles. The van der Waals surface area contributed by atoms with Crippen LogP contribution in [0.1, 0.15) is 103 Å². The van der Waals surface area contributed by atoms with Crippen molar-refractivity contribution in [3.05, 3.63) is 0 Å². The summed E-state index contributed by atoms with van der Waals surface area (Å²) < 4.78 is 0. The third kappa shape index (κ3) is 4.92. The molecule has 0 amide bonds. The summed E-state index contributed by atoms with van der Waals surface area (Å²) >= 11 is 0. The molecule has 1 heterocycles. The van der Waals surface area contributed by atoms with Crippen molar-refractivity contribution in [2.24, 2.45) is 21.7 Å². The van der Waals surface area contributed by atoms with Crippen LogP contribution >= 0.6 is 0 Å². The van der Waals surface area contributed by atoms with Crippen LogP contribution in [0.25, 0.3) is 0 Å². The van der Waals surface area contributed by atoms with Crippen LogP contribution in [0.2, 0.25) is 0 Å². The predicted octanol–water partition coefficient (Wildman–Crippen LogP) is 6.70. The largest absolute Gasteiger partial charge is 0.296 e. The molecule has 0 radical (unpaired) electrons. The first-order chi connectivity index (χ1) is 11.7. The normalized spacial score (nSPS) is 20.2. The van der Waals surface area contributed by atoms with Gasteiger partial charge in [-0.1, -0.05) is 69.2 Å². The smallest absolute Gasteiger partial charge is 0.0210 e. The van der Waals surface area contributed by atoms with Gasteiger partial charge in [-0.3, -0.25) is 9.80 Å². The van der Waals surface area contributed by atoms with E-state index in [1.165, 1.54) is 32.6 Å². The lowest BCUT2D eigenvalue weighted by Gasteiger charge is -2.58. The van der Waals surface area contributed by atoms with Gasteiger partial charge in [0.15, 0.2) is 0 Å². The molecule has 0 aliphatic carbocycles. The van der Waals surface area contributed by atoms with E-state index in [1.807, 2.05) is 0 Å². The van der Waals surface area contributed by atoms with Gasteiger partial charge < -0.3 is 0 Å². The predicted molar refractivity (Wildman–Crippen MR) is 122 cm³/mol. The molecule has 0 unspecified atom stereocenters. The van der Waals surface area contributed by atoms with Crippen LogP contribution in [0.4, 0.5) is 0 Å². The van der Waals surface area contributed by atoms with Gasteiger partial charge in [-0.05, 0) is 55.8 Å². The minimum atomic E-state index is 0.187. The molecule has 2 nitrogen and oxygen atoms in total. The number of piperazine rings is 1. The molecule has 0 N–H and O–H groups in total. The number of nitrogens with zero attached hydrogens (tertiary/aromatic N) is 2. The van der Waals surface area contributed by atoms with E-state index in [-0.39, 0.29) is 21.9 Å². The second-order valence-electron chi connectivity index (χ2n) is 13.5. The van der Waals surface area contributed by atoms with Crippen molar-refractivity contribution in [3.8, 4) is 0 Å². The first-order valence-corrected chi connectivity index (χ1v) is 11.2. The molecule has 1 aliphatic rings. The summed E-state index contributed by atoms with van der Waals surface area (Å²) in [7, 11) is 0. The van der Waals surface area contributed by atoms with Crippen LogP contribution < -0.4 is 0 Å². The molecule has 0 saturated carbocycles. The lowest BCUT2D eigenvalue weighted by Crippen LogP contribution is -2.65. The highest BCUT2D eigenvalue weighted by Gasteiger charge is 2.49. The number of rotatable bonds is 5. The minimum Gasteiger partial charge on any atom is -0.296 e. The Morgan fingerprint density at radius 2 is 0.889 bits per heavy atom. The Hall–Kier alpha value is -0.0800. The zero-order chi connectivity index (χ0) is 21.7. The molecule has 0 aromatic rings. The molecular formula is C25H52N2.